The van der Waals surface area contributed by atoms with E-state index in [4.69, 9.17) is 4.74 Å². The largest absolute Gasteiger partial charge is 0.490 e. The molecule has 1 fully saturated rings. The summed E-state index contributed by atoms with van der Waals surface area (Å²) >= 11 is 0. The highest BCUT2D eigenvalue weighted by Gasteiger charge is 2.24. The van der Waals surface area contributed by atoms with Crippen molar-refractivity contribution in [2.45, 2.75) is 24.9 Å². The zero-order valence-corrected chi connectivity index (χ0v) is 15.3. The highest BCUT2D eigenvalue weighted by Crippen LogP contribution is 2.30. The molecule has 0 amide bonds. The Hall–Kier alpha value is -2.37. The summed E-state index contributed by atoms with van der Waals surface area (Å²) in [4.78, 5) is 5.40. The second kappa shape index (κ2) is 8.11. The lowest BCUT2D eigenvalue weighted by Crippen LogP contribution is -2.40. The van der Waals surface area contributed by atoms with E-state index in [1.165, 1.54) is 6.07 Å². The molecule has 1 aromatic heterocycles. The summed E-state index contributed by atoms with van der Waals surface area (Å²) in [6.07, 6.45) is 3.16. The van der Waals surface area contributed by atoms with Crippen LogP contribution in [0, 0.1) is 5.82 Å². The molecular weight excluding hydrogens is 343 g/mol. The Kier molecular flexibility index (Phi) is 5.41. The number of benzene rings is 2. The normalized spacial score (nSPS) is 17.3. The van der Waals surface area contributed by atoms with Crippen LogP contribution in [-0.2, 0) is 0 Å². The van der Waals surface area contributed by atoms with Crippen molar-refractivity contribution in [1.29, 1.82) is 0 Å². The standard InChI is InChI=1S/C22H25FN2O2/c23-20-5-2-1-4-18(20)16-9-12-25(13-10-16)14-17(26)15-27-22-7-3-6-21-19(22)8-11-24-21/h1-8,11,16-17,24,26H,9-10,12-15H2/t17-/m0/s1. The van der Waals surface area contributed by atoms with E-state index in [2.05, 4.69) is 9.88 Å². The van der Waals surface area contributed by atoms with Gasteiger partial charge in [-0.25, -0.2) is 4.39 Å². The van der Waals surface area contributed by atoms with Crippen molar-refractivity contribution in [2.24, 2.45) is 0 Å². The Morgan fingerprint density at radius 1 is 1.11 bits per heavy atom. The van der Waals surface area contributed by atoms with Gasteiger partial charge in [0.15, 0.2) is 0 Å². The fourth-order valence-corrected chi connectivity index (χ4v) is 3.95. The number of H-pyrrole nitrogens is 1. The number of likely N-dealkylation sites (tertiary alicyclic amines) is 1. The van der Waals surface area contributed by atoms with Gasteiger partial charge in [-0.3, -0.25) is 0 Å². The number of hydrogen-bond donors (Lipinski definition) is 2. The third-order valence-corrected chi connectivity index (χ3v) is 5.39. The number of nitrogens with one attached hydrogen (secondary N) is 1. The summed E-state index contributed by atoms with van der Waals surface area (Å²) in [5.41, 5.74) is 1.85. The quantitative estimate of drug-likeness (QED) is 0.693. The average Bonchev–Trinajstić information content (AvgIpc) is 3.17. The van der Waals surface area contributed by atoms with E-state index >= 15 is 0 Å². The summed E-state index contributed by atoms with van der Waals surface area (Å²) in [6, 6.07) is 14.9. The van der Waals surface area contributed by atoms with E-state index < -0.39 is 6.10 Å². The molecule has 0 bridgehead atoms. The van der Waals surface area contributed by atoms with Crippen LogP contribution >= 0.6 is 0 Å². The first-order chi connectivity index (χ1) is 13.2. The minimum Gasteiger partial charge on any atom is -0.490 e. The van der Waals surface area contributed by atoms with Crippen LogP contribution in [0.15, 0.2) is 54.7 Å². The van der Waals surface area contributed by atoms with Crippen molar-refractivity contribution in [3.63, 3.8) is 0 Å². The van der Waals surface area contributed by atoms with E-state index in [-0.39, 0.29) is 18.3 Å². The fraction of sp³-hybridized carbons (Fsp3) is 0.364. The summed E-state index contributed by atoms with van der Waals surface area (Å²) in [6.45, 7) is 2.57. The molecule has 0 unspecified atom stereocenters. The lowest BCUT2D eigenvalue weighted by Gasteiger charge is -2.33. The van der Waals surface area contributed by atoms with E-state index in [0.717, 1.165) is 48.1 Å². The molecule has 142 valence electrons. The van der Waals surface area contributed by atoms with Crippen molar-refractivity contribution in [1.82, 2.24) is 9.88 Å². The first-order valence-corrected chi connectivity index (χ1v) is 9.54. The molecule has 1 aliphatic rings. The minimum absolute atomic E-state index is 0.108. The van der Waals surface area contributed by atoms with Crippen LogP contribution in [0.5, 0.6) is 5.75 Å². The van der Waals surface area contributed by atoms with Crippen molar-refractivity contribution >= 4 is 10.9 Å². The average molecular weight is 368 g/mol. The maximum atomic E-state index is 14.0. The van der Waals surface area contributed by atoms with Gasteiger partial charge >= 0.3 is 0 Å². The number of halogens is 1. The number of ether oxygens (including phenoxy) is 1. The lowest BCUT2D eigenvalue weighted by molar-refractivity contribution is 0.0597. The zero-order chi connectivity index (χ0) is 18.6. The van der Waals surface area contributed by atoms with Gasteiger partial charge in [-0.15, -0.1) is 0 Å². The molecule has 0 spiro atoms. The van der Waals surface area contributed by atoms with Crippen LogP contribution in [0.25, 0.3) is 10.9 Å². The first-order valence-electron chi connectivity index (χ1n) is 9.54. The molecule has 1 atom stereocenters. The molecule has 5 heteroatoms. The molecule has 0 saturated carbocycles. The van der Waals surface area contributed by atoms with Gasteiger partial charge in [0, 0.05) is 23.6 Å². The van der Waals surface area contributed by atoms with Crippen LogP contribution in [0.3, 0.4) is 0 Å². The van der Waals surface area contributed by atoms with Gasteiger partial charge in [-0.1, -0.05) is 24.3 Å². The number of aliphatic hydroxyl groups is 1. The summed E-state index contributed by atoms with van der Waals surface area (Å²) in [5, 5.41) is 11.4. The Morgan fingerprint density at radius 2 is 1.93 bits per heavy atom. The SMILES string of the molecule is O[C@H](COc1cccc2[nH]ccc12)CN1CCC(c2ccccc2F)CC1. The number of β-amino-alcohol motifs (C(OH)–C–C–N with tert-alkyl or cyclic N) is 1. The van der Waals surface area contributed by atoms with E-state index in [1.54, 1.807) is 6.07 Å². The number of hydrogen-bond acceptors (Lipinski definition) is 3. The van der Waals surface area contributed by atoms with E-state index in [0.29, 0.717) is 6.54 Å². The summed E-state index contributed by atoms with van der Waals surface area (Å²) in [7, 11) is 0. The summed E-state index contributed by atoms with van der Waals surface area (Å²) < 4.78 is 19.8. The van der Waals surface area contributed by atoms with Crippen molar-refractivity contribution in [2.75, 3.05) is 26.2 Å². The van der Waals surface area contributed by atoms with Gasteiger partial charge in [-0.2, -0.15) is 0 Å². The Morgan fingerprint density at radius 3 is 2.74 bits per heavy atom. The molecular formula is C22H25FN2O2. The van der Waals surface area contributed by atoms with Gasteiger partial charge in [0.25, 0.3) is 0 Å². The van der Waals surface area contributed by atoms with Gasteiger partial charge in [0.1, 0.15) is 24.3 Å². The van der Waals surface area contributed by atoms with Gasteiger partial charge in [0.2, 0.25) is 0 Å². The maximum absolute atomic E-state index is 14.0. The first kappa shape index (κ1) is 18.0. The van der Waals surface area contributed by atoms with Crippen molar-refractivity contribution in [3.05, 3.63) is 66.1 Å². The zero-order valence-electron chi connectivity index (χ0n) is 15.3. The van der Waals surface area contributed by atoms with E-state index in [1.807, 2.05) is 42.6 Å². The number of aliphatic hydroxyl groups excluding tert-OH is 1. The Labute approximate surface area is 158 Å². The number of aromatic amines is 1. The van der Waals surface area contributed by atoms with E-state index in [9.17, 15) is 9.50 Å². The number of aromatic nitrogens is 1. The highest BCUT2D eigenvalue weighted by atomic mass is 19.1. The van der Waals surface area contributed by atoms with Gasteiger partial charge in [-0.05, 0) is 61.7 Å². The molecule has 2 N–H and O–H groups in total. The predicted octanol–water partition coefficient (Wildman–Crippen LogP) is 3.93. The van der Waals surface area contributed by atoms with Crippen molar-refractivity contribution < 1.29 is 14.2 Å². The van der Waals surface area contributed by atoms with Crippen LogP contribution in [0.1, 0.15) is 24.3 Å². The highest BCUT2D eigenvalue weighted by molar-refractivity contribution is 5.85. The molecule has 0 radical (unpaired) electrons. The molecule has 3 aromatic rings. The molecule has 1 saturated heterocycles. The van der Waals surface area contributed by atoms with Gasteiger partial charge in [0.05, 0.1) is 0 Å². The van der Waals surface area contributed by atoms with Crippen LogP contribution in [0.4, 0.5) is 4.39 Å². The molecule has 0 aliphatic carbocycles. The Bertz CT molecular complexity index is 887. The molecule has 4 rings (SSSR count). The third-order valence-electron chi connectivity index (χ3n) is 5.39. The molecule has 4 nitrogen and oxygen atoms in total. The molecule has 2 heterocycles. The topological polar surface area (TPSA) is 48.5 Å². The van der Waals surface area contributed by atoms with Crippen LogP contribution in [0.2, 0.25) is 0 Å². The van der Waals surface area contributed by atoms with Crippen molar-refractivity contribution in [3.8, 4) is 5.75 Å². The van der Waals surface area contributed by atoms with Crippen LogP contribution in [-0.4, -0.2) is 47.3 Å². The number of piperidine rings is 1. The second-order valence-electron chi connectivity index (χ2n) is 7.26. The monoisotopic (exact) mass is 368 g/mol. The van der Waals surface area contributed by atoms with Crippen LogP contribution < -0.4 is 4.74 Å². The van der Waals surface area contributed by atoms with Gasteiger partial charge < -0.3 is 19.7 Å². The second-order valence-corrected chi connectivity index (χ2v) is 7.26. The number of nitrogens with zero attached hydrogens (tertiary/aromatic N) is 1. The third kappa shape index (κ3) is 4.15. The molecule has 1 aliphatic heterocycles. The lowest BCUT2D eigenvalue weighted by atomic mass is 9.89. The summed E-state index contributed by atoms with van der Waals surface area (Å²) in [5.74, 6) is 0.941. The predicted molar refractivity (Wildman–Crippen MR) is 105 cm³/mol. The fourth-order valence-electron chi connectivity index (χ4n) is 3.95. The molecule has 27 heavy (non-hydrogen) atoms. The minimum atomic E-state index is -0.552. The maximum Gasteiger partial charge on any atom is 0.128 e. The number of rotatable bonds is 6. The molecule has 2 aromatic carbocycles. The number of fused-ring (bicyclic) bond motifs is 1. The smallest absolute Gasteiger partial charge is 0.128 e. The Balaban J connectivity index is 1.27.